The lowest BCUT2D eigenvalue weighted by molar-refractivity contribution is -0.386. The fourth-order valence-electron chi connectivity index (χ4n) is 2.64. The van der Waals surface area contributed by atoms with Gasteiger partial charge in [-0.15, -0.1) is 0 Å². The molecule has 0 saturated carbocycles. The van der Waals surface area contributed by atoms with Crippen molar-refractivity contribution in [3.63, 3.8) is 0 Å². The van der Waals surface area contributed by atoms with Crippen molar-refractivity contribution in [3.8, 4) is 0 Å². The molecule has 0 spiro atoms. The second-order valence-corrected chi connectivity index (χ2v) is 5.02. The molecule has 1 aromatic carbocycles. The summed E-state index contributed by atoms with van der Waals surface area (Å²) in [5, 5.41) is 14.4. The first-order valence-corrected chi connectivity index (χ1v) is 6.44. The smallest absolute Gasteiger partial charge is 0.275 e. The highest BCUT2D eigenvalue weighted by atomic mass is 16.6. The second-order valence-electron chi connectivity index (χ2n) is 5.02. The Kier molecular flexibility index (Phi) is 3.55. The number of nitrogens with one attached hydrogen (secondary N) is 1. The quantitative estimate of drug-likeness (QED) is 0.671. The van der Waals surface area contributed by atoms with Crippen molar-refractivity contribution in [2.75, 3.05) is 13.1 Å². The van der Waals surface area contributed by atoms with Crippen LogP contribution in [0.25, 0.3) is 0 Å². The highest BCUT2D eigenvalue weighted by Gasteiger charge is 2.23. The molecule has 5 heteroatoms. The number of rotatable bonds is 3. The predicted octanol–water partition coefficient (Wildman–Crippen LogP) is 2.37. The van der Waals surface area contributed by atoms with E-state index in [-0.39, 0.29) is 10.6 Å². The molecule has 1 heterocycles. The Morgan fingerprint density at radius 3 is 2.16 bits per heavy atom. The summed E-state index contributed by atoms with van der Waals surface area (Å²) in [7, 11) is 0. The number of nitro benzene ring substituents is 1. The van der Waals surface area contributed by atoms with E-state index >= 15 is 0 Å². The van der Waals surface area contributed by atoms with Crippen LogP contribution in [0.5, 0.6) is 0 Å². The minimum Gasteiger partial charge on any atom is -0.372 e. The highest BCUT2D eigenvalue weighted by molar-refractivity contribution is 5.86. The fraction of sp³-hybridized carbons (Fsp3) is 0.500. The summed E-state index contributed by atoms with van der Waals surface area (Å²) in [5.41, 5.74) is 4.95. The van der Waals surface area contributed by atoms with E-state index in [2.05, 4.69) is 10.3 Å². The van der Waals surface area contributed by atoms with E-state index in [1.165, 1.54) is 0 Å². The summed E-state index contributed by atoms with van der Waals surface area (Å²) >= 11 is 0. The lowest BCUT2D eigenvalue weighted by Crippen LogP contribution is -2.22. The Labute approximate surface area is 112 Å². The summed E-state index contributed by atoms with van der Waals surface area (Å²) in [5.74, 6) is 0.985. The van der Waals surface area contributed by atoms with Gasteiger partial charge in [-0.05, 0) is 44.4 Å². The van der Waals surface area contributed by atoms with Crippen LogP contribution in [0, 0.1) is 37.8 Å². The number of nitrogens with zero attached hydrogens (tertiary/aromatic N) is 2. The molecule has 0 fully saturated rings. The summed E-state index contributed by atoms with van der Waals surface area (Å²) in [4.78, 5) is 15.3. The van der Waals surface area contributed by atoms with Crippen molar-refractivity contribution >= 4 is 11.5 Å². The average Bonchev–Trinajstić information content (AvgIpc) is 2.85. The lowest BCUT2D eigenvalue weighted by atomic mass is 9.90. The van der Waals surface area contributed by atoms with Crippen LogP contribution in [-0.4, -0.2) is 23.8 Å². The van der Waals surface area contributed by atoms with Crippen LogP contribution in [0.3, 0.4) is 0 Å². The van der Waals surface area contributed by atoms with Gasteiger partial charge in [-0.3, -0.25) is 15.1 Å². The standard InChI is InChI=1S/C14H19N3O2/c1-8-10(3)14(17(18)19)11(4)9(2)12(8)7-13-15-5-6-16-13/h5-7H2,1-4H3,(H,15,16). The zero-order chi connectivity index (χ0) is 14.2. The number of benzene rings is 1. The predicted molar refractivity (Wildman–Crippen MR) is 76.1 cm³/mol. The van der Waals surface area contributed by atoms with E-state index in [9.17, 15) is 10.1 Å². The number of aliphatic imine (C=N–C) groups is 1. The molecule has 2 rings (SSSR count). The van der Waals surface area contributed by atoms with Gasteiger partial charge in [0.2, 0.25) is 0 Å². The maximum absolute atomic E-state index is 11.2. The van der Waals surface area contributed by atoms with Gasteiger partial charge in [0, 0.05) is 24.1 Å². The van der Waals surface area contributed by atoms with Gasteiger partial charge in [0.15, 0.2) is 0 Å². The molecule has 0 aromatic heterocycles. The Bertz CT molecular complexity index is 548. The molecular formula is C14H19N3O2. The van der Waals surface area contributed by atoms with E-state index < -0.39 is 0 Å². The molecule has 1 aliphatic heterocycles. The SMILES string of the molecule is Cc1c(C)c([N+](=O)[O-])c(C)c(C)c1CC1=NCCN1. The number of hydrogen-bond donors (Lipinski definition) is 1. The van der Waals surface area contributed by atoms with E-state index in [0.717, 1.165) is 53.2 Å². The first-order valence-electron chi connectivity index (χ1n) is 6.44. The van der Waals surface area contributed by atoms with Crippen LogP contribution in [0.15, 0.2) is 4.99 Å². The van der Waals surface area contributed by atoms with Crippen LogP contribution in [0.4, 0.5) is 5.69 Å². The Balaban J connectivity index is 2.53. The molecule has 0 unspecified atom stereocenters. The highest BCUT2D eigenvalue weighted by Crippen LogP contribution is 2.32. The monoisotopic (exact) mass is 261 g/mol. The fourth-order valence-corrected chi connectivity index (χ4v) is 2.64. The topological polar surface area (TPSA) is 67.5 Å². The van der Waals surface area contributed by atoms with Crippen LogP contribution in [0.2, 0.25) is 0 Å². The maximum atomic E-state index is 11.2. The van der Waals surface area contributed by atoms with Gasteiger partial charge >= 0.3 is 0 Å². The van der Waals surface area contributed by atoms with Gasteiger partial charge in [-0.25, -0.2) is 0 Å². The van der Waals surface area contributed by atoms with E-state index in [4.69, 9.17) is 0 Å². The molecule has 0 saturated heterocycles. The minimum absolute atomic E-state index is 0.250. The lowest BCUT2D eigenvalue weighted by Gasteiger charge is -2.16. The zero-order valence-corrected chi connectivity index (χ0v) is 11.8. The van der Waals surface area contributed by atoms with Crippen molar-refractivity contribution in [2.24, 2.45) is 4.99 Å². The van der Waals surface area contributed by atoms with Crippen molar-refractivity contribution in [2.45, 2.75) is 34.1 Å². The summed E-state index contributed by atoms with van der Waals surface area (Å²) in [6.07, 6.45) is 0.733. The first kappa shape index (κ1) is 13.5. The average molecular weight is 261 g/mol. The third-order valence-electron chi connectivity index (χ3n) is 4.01. The summed E-state index contributed by atoms with van der Waals surface area (Å²) in [6, 6.07) is 0. The van der Waals surface area contributed by atoms with Gasteiger partial charge in [0.05, 0.1) is 11.5 Å². The number of hydrogen-bond acceptors (Lipinski definition) is 4. The van der Waals surface area contributed by atoms with Crippen molar-refractivity contribution in [1.29, 1.82) is 0 Å². The molecule has 102 valence electrons. The third-order valence-corrected chi connectivity index (χ3v) is 4.01. The van der Waals surface area contributed by atoms with E-state index in [0.29, 0.717) is 0 Å². The zero-order valence-electron chi connectivity index (χ0n) is 11.8. The van der Waals surface area contributed by atoms with Crippen LogP contribution >= 0.6 is 0 Å². The summed E-state index contributed by atoms with van der Waals surface area (Å²) < 4.78 is 0. The third kappa shape index (κ3) is 2.32. The van der Waals surface area contributed by atoms with Gasteiger partial charge in [-0.2, -0.15) is 0 Å². The molecule has 0 bridgehead atoms. The molecule has 0 amide bonds. The Morgan fingerprint density at radius 1 is 1.16 bits per heavy atom. The van der Waals surface area contributed by atoms with Gasteiger partial charge < -0.3 is 5.32 Å². The second kappa shape index (κ2) is 4.99. The Hall–Kier alpha value is -1.91. The molecule has 1 aliphatic rings. The molecule has 0 atom stereocenters. The number of nitro groups is 1. The molecule has 1 aromatic rings. The number of amidine groups is 1. The van der Waals surface area contributed by atoms with Crippen molar-refractivity contribution < 1.29 is 4.92 Å². The molecule has 1 N–H and O–H groups in total. The van der Waals surface area contributed by atoms with Gasteiger partial charge in [0.25, 0.3) is 5.69 Å². The van der Waals surface area contributed by atoms with Crippen molar-refractivity contribution in [1.82, 2.24) is 5.32 Å². The normalized spacial score (nSPS) is 14.2. The van der Waals surface area contributed by atoms with Crippen molar-refractivity contribution in [3.05, 3.63) is 37.9 Å². The summed E-state index contributed by atoms with van der Waals surface area (Å²) in [6.45, 7) is 9.27. The Morgan fingerprint density at radius 2 is 1.74 bits per heavy atom. The largest absolute Gasteiger partial charge is 0.372 e. The van der Waals surface area contributed by atoms with Crippen LogP contribution in [0.1, 0.15) is 27.8 Å². The molecule has 5 nitrogen and oxygen atoms in total. The maximum Gasteiger partial charge on any atom is 0.275 e. The van der Waals surface area contributed by atoms with E-state index in [1.807, 2.05) is 27.7 Å². The minimum atomic E-state index is -0.278. The van der Waals surface area contributed by atoms with Crippen LogP contribution in [-0.2, 0) is 6.42 Å². The molecule has 0 aliphatic carbocycles. The molecule has 0 radical (unpaired) electrons. The van der Waals surface area contributed by atoms with Gasteiger partial charge in [-0.1, -0.05) is 0 Å². The van der Waals surface area contributed by atoms with E-state index in [1.54, 1.807) is 0 Å². The van der Waals surface area contributed by atoms with Gasteiger partial charge in [0.1, 0.15) is 5.84 Å². The first-order chi connectivity index (χ1) is 8.93. The molecular weight excluding hydrogens is 242 g/mol. The van der Waals surface area contributed by atoms with Crippen LogP contribution < -0.4 is 5.32 Å². The molecule has 19 heavy (non-hydrogen) atoms.